The Hall–Kier alpha value is -1.30. The number of carbonyl (C=O) groups excluding carboxylic acids is 1. The van der Waals surface area contributed by atoms with Gasteiger partial charge in [-0.25, -0.2) is 0 Å². The van der Waals surface area contributed by atoms with Crippen molar-refractivity contribution in [2.45, 2.75) is 25.4 Å². The lowest BCUT2D eigenvalue weighted by Gasteiger charge is -2.23. The highest BCUT2D eigenvalue weighted by molar-refractivity contribution is 5.85. The first-order valence-electron chi connectivity index (χ1n) is 7.95. The number of rotatable bonds is 5. The van der Waals surface area contributed by atoms with Crippen LogP contribution in [0.5, 0.6) is 5.75 Å². The van der Waals surface area contributed by atoms with Gasteiger partial charge in [-0.1, -0.05) is 12.1 Å². The van der Waals surface area contributed by atoms with E-state index in [2.05, 4.69) is 10.6 Å². The molecule has 23 heavy (non-hydrogen) atoms. The first kappa shape index (κ1) is 18.0. The van der Waals surface area contributed by atoms with Crippen LogP contribution in [0.1, 0.15) is 30.9 Å². The lowest BCUT2D eigenvalue weighted by Crippen LogP contribution is -2.35. The molecule has 3 rings (SSSR count). The van der Waals surface area contributed by atoms with E-state index in [0.717, 1.165) is 37.9 Å². The molecule has 1 aromatic carbocycles. The largest absolute Gasteiger partial charge is 0.497 e. The third kappa shape index (κ3) is 3.97. The third-order valence-electron chi connectivity index (χ3n) is 5.05. The molecule has 1 amide bonds. The molecule has 2 unspecified atom stereocenters. The summed E-state index contributed by atoms with van der Waals surface area (Å²) in [5.41, 5.74) is 0.989. The molecule has 5 nitrogen and oxygen atoms in total. The summed E-state index contributed by atoms with van der Waals surface area (Å²) in [6.07, 6.45) is 2.46. The van der Waals surface area contributed by atoms with Crippen LogP contribution in [0.25, 0.3) is 0 Å². The Bertz CT molecular complexity index is 546. The molecule has 1 heterocycles. The van der Waals surface area contributed by atoms with Gasteiger partial charge in [-0.05, 0) is 55.5 Å². The lowest BCUT2D eigenvalue weighted by molar-refractivity contribution is -0.123. The molecule has 1 aliphatic carbocycles. The molecule has 2 atom stereocenters. The molecule has 3 N–H and O–H groups in total. The van der Waals surface area contributed by atoms with Crippen LogP contribution < -0.4 is 15.4 Å². The van der Waals surface area contributed by atoms with Crippen LogP contribution in [0.2, 0.25) is 0 Å². The zero-order valence-electron chi connectivity index (χ0n) is 13.4. The Morgan fingerprint density at radius 1 is 1.48 bits per heavy atom. The highest BCUT2D eigenvalue weighted by atomic mass is 35.5. The number of piperidine rings is 1. The summed E-state index contributed by atoms with van der Waals surface area (Å²) >= 11 is 0. The van der Waals surface area contributed by atoms with Gasteiger partial charge in [0.05, 0.1) is 13.2 Å². The number of carbonyl (C=O) groups is 1. The van der Waals surface area contributed by atoms with Crippen LogP contribution in [0, 0.1) is 11.3 Å². The number of aliphatic hydroxyl groups excluding tert-OH is 1. The van der Waals surface area contributed by atoms with Crippen molar-refractivity contribution in [2.24, 2.45) is 11.3 Å². The maximum Gasteiger partial charge on any atom is 0.223 e. The number of amides is 1. The molecule has 2 fully saturated rings. The minimum atomic E-state index is -0.707. The van der Waals surface area contributed by atoms with E-state index in [-0.39, 0.29) is 36.2 Å². The quantitative estimate of drug-likeness (QED) is 0.762. The van der Waals surface area contributed by atoms with E-state index in [0.29, 0.717) is 5.75 Å². The lowest BCUT2D eigenvalue weighted by atomic mass is 9.92. The smallest absolute Gasteiger partial charge is 0.223 e. The van der Waals surface area contributed by atoms with Crippen molar-refractivity contribution < 1.29 is 14.6 Å². The fourth-order valence-electron chi connectivity index (χ4n) is 3.48. The third-order valence-corrected chi connectivity index (χ3v) is 5.05. The maximum atomic E-state index is 12.3. The summed E-state index contributed by atoms with van der Waals surface area (Å²) in [6.45, 7) is 2.27. The molecule has 1 spiro atoms. The molecule has 1 aromatic rings. The molecule has 0 aromatic heterocycles. The highest BCUT2D eigenvalue weighted by Crippen LogP contribution is 2.58. The van der Waals surface area contributed by atoms with Crippen molar-refractivity contribution in [3.05, 3.63) is 29.8 Å². The van der Waals surface area contributed by atoms with Crippen LogP contribution in [0.3, 0.4) is 0 Å². The van der Waals surface area contributed by atoms with Gasteiger partial charge in [0.2, 0.25) is 5.91 Å². The number of halogens is 1. The van der Waals surface area contributed by atoms with Crippen LogP contribution in [0.4, 0.5) is 0 Å². The second-order valence-corrected chi connectivity index (χ2v) is 6.41. The van der Waals surface area contributed by atoms with Gasteiger partial charge in [0, 0.05) is 12.5 Å². The first-order valence-corrected chi connectivity index (χ1v) is 7.95. The average molecular weight is 341 g/mol. The van der Waals surface area contributed by atoms with Gasteiger partial charge in [-0.15, -0.1) is 12.4 Å². The number of hydrogen-bond acceptors (Lipinski definition) is 4. The number of hydrogen-bond donors (Lipinski definition) is 3. The minimum absolute atomic E-state index is 0. The van der Waals surface area contributed by atoms with Gasteiger partial charge in [0.15, 0.2) is 0 Å². The molecule has 1 saturated carbocycles. The van der Waals surface area contributed by atoms with Crippen molar-refractivity contribution in [2.75, 3.05) is 26.7 Å². The van der Waals surface area contributed by atoms with Crippen LogP contribution in [0.15, 0.2) is 24.3 Å². The number of methoxy groups -OCH3 is 1. The van der Waals surface area contributed by atoms with Crippen LogP contribution >= 0.6 is 12.4 Å². The van der Waals surface area contributed by atoms with Gasteiger partial charge in [0.1, 0.15) is 5.75 Å². The second-order valence-electron chi connectivity index (χ2n) is 6.41. The summed E-state index contributed by atoms with van der Waals surface area (Å²) in [7, 11) is 1.60. The predicted molar refractivity (Wildman–Crippen MR) is 90.9 cm³/mol. The minimum Gasteiger partial charge on any atom is -0.497 e. The molecular formula is C17H25ClN2O3. The van der Waals surface area contributed by atoms with E-state index >= 15 is 0 Å². The van der Waals surface area contributed by atoms with Gasteiger partial charge in [-0.2, -0.15) is 0 Å². The van der Waals surface area contributed by atoms with E-state index in [1.165, 1.54) is 0 Å². The molecule has 2 aliphatic rings. The van der Waals surface area contributed by atoms with Gasteiger partial charge < -0.3 is 20.5 Å². The Balaban J connectivity index is 0.00000192. The SMILES string of the molecule is COc1cccc(C(O)CNC(=O)C2CC23CCNCC3)c1.Cl. The zero-order chi connectivity index (χ0) is 15.6. The van der Waals surface area contributed by atoms with E-state index < -0.39 is 6.10 Å². The van der Waals surface area contributed by atoms with Gasteiger partial charge >= 0.3 is 0 Å². The van der Waals surface area contributed by atoms with Crippen molar-refractivity contribution in [1.82, 2.24) is 10.6 Å². The number of aliphatic hydroxyl groups is 1. The Morgan fingerprint density at radius 3 is 2.91 bits per heavy atom. The monoisotopic (exact) mass is 340 g/mol. The standard InChI is InChI=1S/C17H24N2O3.ClH/c1-22-13-4-2-3-12(9-13)15(20)11-19-16(21)14-10-17(14)5-7-18-8-6-17;/h2-4,9,14-15,18,20H,5-8,10-11H2,1H3,(H,19,21);1H. The second kappa shape index (κ2) is 7.51. The average Bonchev–Trinajstić information content (AvgIpc) is 3.26. The maximum absolute atomic E-state index is 12.3. The Morgan fingerprint density at radius 2 is 2.22 bits per heavy atom. The number of nitrogens with one attached hydrogen (secondary N) is 2. The topological polar surface area (TPSA) is 70.6 Å². The van der Waals surface area contributed by atoms with E-state index in [9.17, 15) is 9.90 Å². The van der Waals surface area contributed by atoms with Crippen molar-refractivity contribution >= 4 is 18.3 Å². The van der Waals surface area contributed by atoms with Crippen LogP contribution in [-0.2, 0) is 4.79 Å². The summed E-state index contributed by atoms with van der Waals surface area (Å²) < 4.78 is 5.15. The highest BCUT2D eigenvalue weighted by Gasteiger charge is 2.57. The van der Waals surface area contributed by atoms with E-state index in [1.54, 1.807) is 13.2 Å². The molecule has 0 radical (unpaired) electrons. The normalized spacial score (nSPS) is 22.8. The summed E-state index contributed by atoms with van der Waals surface area (Å²) in [5.74, 6) is 0.926. The number of ether oxygens (including phenoxy) is 1. The Labute approximate surface area is 143 Å². The van der Waals surface area contributed by atoms with Crippen LogP contribution in [-0.4, -0.2) is 37.8 Å². The first-order chi connectivity index (χ1) is 10.6. The molecule has 6 heteroatoms. The summed E-state index contributed by atoms with van der Waals surface area (Å²) in [5, 5.41) is 16.5. The fourth-order valence-corrected chi connectivity index (χ4v) is 3.48. The number of benzene rings is 1. The predicted octanol–water partition coefficient (Wildman–Crippen LogP) is 1.66. The summed E-state index contributed by atoms with van der Waals surface area (Å²) in [4.78, 5) is 12.3. The van der Waals surface area contributed by atoms with E-state index in [4.69, 9.17) is 4.74 Å². The molecule has 1 saturated heterocycles. The molecule has 0 bridgehead atoms. The van der Waals surface area contributed by atoms with Gasteiger partial charge in [0.25, 0.3) is 0 Å². The molecule has 1 aliphatic heterocycles. The van der Waals surface area contributed by atoms with Crippen molar-refractivity contribution in [1.29, 1.82) is 0 Å². The molecular weight excluding hydrogens is 316 g/mol. The fraction of sp³-hybridized carbons (Fsp3) is 0.588. The zero-order valence-corrected chi connectivity index (χ0v) is 14.2. The van der Waals surface area contributed by atoms with Crippen molar-refractivity contribution in [3.63, 3.8) is 0 Å². The molecule has 128 valence electrons. The van der Waals surface area contributed by atoms with Gasteiger partial charge in [-0.3, -0.25) is 4.79 Å². The van der Waals surface area contributed by atoms with E-state index in [1.807, 2.05) is 18.2 Å². The summed E-state index contributed by atoms with van der Waals surface area (Å²) in [6, 6.07) is 7.30. The Kier molecular flexibility index (Phi) is 5.89. The van der Waals surface area contributed by atoms with Crippen molar-refractivity contribution in [3.8, 4) is 5.75 Å².